The van der Waals surface area contributed by atoms with Crippen LogP contribution in [-0.4, -0.2) is 39.5 Å². The average molecular weight is 448 g/mol. The molecule has 1 atom stereocenters. The molecule has 6 rings (SSSR count). The van der Waals surface area contributed by atoms with Gasteiger partial charge in [0.2, 0.25) is 0 Å². The minimum absolute atomic E-state index is 0.390. The number of pyridine rings is 1. The summed E-state index contributed by atoms with van der Waals surface area (Å²) >= 11 is 3.70. The molecule has 2 aliphatic rings. The second-order valence-corrected chi connectivity index (χ2v) is 10.4. The first kappa shape index (κ1) is 19.3. The van der Waals surface area contributed by atoms with Crippen LogP contribution >= 0.6 is 22.7 Å². The number of thiophene rings is 2. The van der Waals surface area contributed by atoms with Crippen LogP contribution in [0.25, 0.3) is 21.6 Å². The molecule has 0 radical (unpaired) electrons. The molecule has 158 valence electrons. The number of fused-ring (bicyclic) bond motifs is 3. The van der Waals surface area contributed by atoms with Crippen molar-refractivity contribution in [3.05, 3.63) is 57.4 Å². The van der Waals surface area contributed by atoms with Crippen molar-refractivity contribution in [2.45, 2.75) is 38.1 Å². The molecule has 1 N–H and O–H groups in total. The van der Waals surface area contributed by atoms with E-state index in [4.69, 9.17) is 9.97 Å². The van der Waals surface area contributed by atoms with Crippen LogP contribution in [0.3, 0.4) is 0 Å². The Hall–Kier alpha value is -2.35. The van der Waals surface area contributed by atoms with Crippen molar-refractivity contribution in [3.63, 3.8) is 0 Å². The summed E-state index contributed by atoms with van der Waals surface area (Å²) in [6, 6.07) is 8.82. The highest BCUT2D eigenvalue weighted by molar-refractivity contribution is 7.19. The fourth-order valence-corrected chi connectivity index (χ4v) is 7.01. The molecule has 5 nitrogen and oxygen atoms in total. The number of hydrogen-bond acceptors (Lipinski definition) is 7. The van der Waals surface area contributed by atoms with Crippen molar-refractivity contribution in [1.82, 2.24) is 19.9 Å². The molecule has 0 saturated carbocycles. The Balaban J connectivity index is 1.39. The fraction of sp³-hybridized carbons (Fsp3) is 0.375. The van der Waals surface area contributed by atoms with Crippen molar-refractivity contribution in [1.29, 1.82) is 0 Å². The molecule has 1 aliphatic heterocycles. The highest BCUT2D eigenvalue weighted by Crippen LogP contribution is 2.41. The number of aryl methyl sites for hydroxylation is 2. The first-order chi connectivity index (χ1) is 15.4. The van der Waals surface area contributed by atoms with Gasteiger partial charge in [0.25, 0.3) is 0 Å². The number of nitrogens with one attached hydrogen (secondary N) is 1. The normalized spacial score (nSPS) is 17.3. The maximum Gasteiger partial charge on any atom is 0.164 e. The van der Waals surface area contributed by atoms with Crippen LogP contribution in [0.4, 0.5) is 5.82 Å². The average Bonchev–Trinajstić information content (AvgIpc) is 3.59. The molecule has 31 heavy (non-hydrogen) atoms. The van der Waals surface area contributed by atoms with Gasteiger partial charge in [0.15, 0.2) is 5.82 Å². The molecule has 1 fully saturated rings. The third-order valence-electron chi connectivity index (χ3n) is 6.40. The molecule has 5 heterocycles. The molecule has 0 bridgehead atoms. The van der Waals surface area contributed by atoms with E-state index in [1.54, 1.807) is 6.20 Å². The molecule has 4 aromatic rings. The number of nitrogens with zero attached hydrogens (tertiary/aromatic N) is 4. The van der Waals surface area contributed by atoms with Gasteiger partial charge in [0.1, 0.15) is 10.6 Å². The van der Waals surface area contributed by atoms with Crippen LogP contribution in [0.1, 0.15) is 40.6 Å². The largest absolute Gasteiger partial charge is 0.367 e. The Morgan fingerprint density at radius 2 is 2.00 bits per heavy atom. The van der Waals surface area contributed by atoms with Crippen LogP contribution in [0.2, 0.25) is 0 Å². The number of likely N-dealkylation sites (tertiary alicyclic amines) is 1. The van der Waals surface area contributed by atoms with E-state index in [-0.39, 0.29) is 0 Å². The Morgan fingerprint density at radius 3 is 2.81 bits per heavy atom. The number of rotatable bonds is 6. The van der Waals surface area contributed by atoms with E-state index in [2.05, 4.69) is 32.7 Å². The lowest BCUT2D eigenvalue weighted by Gasteiger charge is -2.27. The molecular weight excluding hydrogens is 422 g/mol. The molecule has 1 unspecified atom stereocenters. The van der Waals surface area contributed by atoms with E-state index in [1.807, 2.05) is 41.0 Å². The summed E-state index contributed by atoms with van der Waals surface area (Å²) in [5.74, 6) is 1.75. The molecule has 1 saturated heterocycles. The smallest absolute Gasteiger partial charge is 0.164 e. The zero-order valence-electron chi connectivity index (χ0n) is 17.4. The van der Waals surface area contributed by atoms with Gasteiger partial charge in [-0.15, -0.1) is 22.7 Å². The van der Waals surface area contributed by atoms with Crippen molar-refractivity contribution in [3.8, 4) is 11.4 Å². The zero-order valence-corrected chi connectivity index (χ0v) is 19.0. The second-order valence-electron chi connectivity index (χ2n) is 8.33. The van der Waals surface area contributed by atoms with Crippen LogP contribution in [0.5, 0.6) is 0 Å². The van der Waals surface area contributed by atoms with Crippen LogP contribution < -0.4 is 5.32 Å². The van der Waals surface area contributed by atoms with Gasteiger partial charge in [-0.25, -0.2) is 9.97 Å². The molecule has 7 heteroatoms. The fourth-order valence-electron chi connectivity index (χ4n) is 4.88. The summed E-state index contributed by atoms with van der Waals surface area (Å²) in [5, 5.41) is 7.21. The van der Waals surface area contributed by atoms with E-state index >= 15 is 0 Å². The minimum atomic E-state index is 0.390. The summed E-state index contributed by atoms with van der Waals surface area (Å²) in [5.41, 5.74) is 2.43. The lowest BCUT2D eigenvalue weighted by atomic mass is 10.1. The van der Waals surface area contributed by atoms with Crippen LogP contribution in [0, 0.1) is 0 Å². The van der Waals surface area contributed by atoms with Gasteiger partial charge in [-0.1, -0.05) is 6.07 Å². The van der Waals surface area contributed by atoms with Crippen molar-refractivity contribution in [2.24, 2.45) is 0 Å². The topological polar surface area (TPSA) is 53.9 Å². The van der Waals surface area contributed by atoms with Gasteiger partial charge >= 0.3 is 0 Å². The van der Waals surface area contributed by atoms with Crippen LogP contribution in [0.15, 0.2) is 42.0 Å². The van der Waals surface area contributed by atoms with E-state index in [0.29, 0.717) is 6.04 Å². The zero-order chi connectivity index (χ0) is 20.6. The van der Waals surface area contributed by atoms with E-state index in [9.17, 15) is 0 Å². The number of aromatic nitrogens is 3. The Bertz CT molecular complexity index is 1180. The van der Waals surface area contributed by atoms with Gasteiger partial charge in [-0.2, -0.15) is 0 Å². The van der Waals surface area contributed by atoms with Crippen molar-refractivity contribution < 1.29 is 0 Å². The van der Waals surface area contributed by atoms with Gasteiger partial charge in [-0.05, 0) is 74.3 Å². The Morgan fingerprint density at radius 1 is 1.06 bits per heavy atom. The lowest BCUT2D eigenvalue weighted by molar-refractivity contribution is 0.259. The quantitative estimate of drug-likeness (QED) is 0.420. The van der Waals surface area contributed by atoms with Gasteiger partial charge < -0.3 is 5.32 Å². The molecule has 0 amide bonds. The minimum Gasteiger partial charge on any atom is -0.367 e. The van der Waals surface area contributed by atoms with E-state index in [0.717, 1.165) is 35.0 Å². The van der Waals surface area contributed by atoms with Gasteiger partial charge in [-0.3, -0.25) is 9.88 Å². The molecule has 0 aromatic carbocycles. The third kappa shape index (κ3) is 3.64. The summed E-state index contributed by atoms with van der Waals surface area (Å²) in [6.07, 6.45) is 9.79. The molecule has 4 aromatic heterocycles. The van der Waals surface area contributed by atoms with Crippen molar-refractivity contribution in [2.75, 3.05) is 25.0 Å². The first-order valence-electron chi connectivity index (χ1n) is 11.1. The summed E-state index contributed by atoms with van der Waals surface area (Å²) in [4.78, 5) is 20.9. The first-order valence-corrected chi connectivity index (χ1v) is 12.8. The summed E-state index contributed by atoms with van der Waals surface area (Å²) < 4.78 is 0. The Kier molecular flexibility index (Phi) is 5.18. The number of anilines is 1. The Labute approximate surface area is 190 Å². The van der Waals surface area contributed by atoms with Crippen molar-refractivity contribution >= 4 is 38.7 Å². The SMILES string of the molecule is c1cncc(-c2nc(NCC(c3cccs3)N3CCCC3)c3c4c(sc3n2)CCC4)c1. The maximum atomic E-state index is 5.03. The van der Waals surface area contributed by atoms with E-state index < -0.39 is 0 Å². The monoisotopic (exact) mass is 447 g/mol. The van der Waals surface area contributed by atoms with Gasteiger partial charge in [0, 0.05) is 34.3 Å². The molecule has 1 aliphatic carbocycles. The lowest BCUT2D eigenvalue weighted by Crippen LogP contribution is -2.30. The van der Waals surface area contributed by atoms with Crippen LogP contribution in [-0.2, 0) is 12.8 Å². The summed E-state index contributed by atoms with van der Waals surface area (Å²) in [6.45, 7) is 3.22. The molecular formula is C24H25N5S2. The maximum absolute atomic E-state index is 5.03. The summed E-state index contributed by atoms with van der Waals surface area (Å²) in [7, 11) is 0. The third-order valence-corrected chi connectivity index (χ3v) is 8.56. The highest BCUT2D eigenvalue weighted by Gasteiger charge is 2.26. The predicted octanol–water partition coefficient (Wildman–Crippen LogP) is 5.55. The predicted molar refractivity (Wildman–Crippen MR) is 129 cm³/mol. The van der Waals surface area contributed by atoms with E-state index in [1.165, 1.54) is 59.5 Å². The second kappa shape index (κ2) is 8.30. The molecule has 0 spiro atoms. The van der Waals surface area contributed by atoms with Gasteiger partial charge in [0.05, 0.1) is 11.4 Å². The standard InChI is InChI=1S/C24H25N5S2/c1-2-12-29(11-1)18(20-9-5-13-30-20)15-26-23-21-17-7-3-8-19(17)31-24(21)28-22(27-23)16-6-4-10-25-14-16/h4-6,9-10,13-14,18H,1-3,7-8,11-12,15H2,(H,26,27,28). The number of hydrogen-bond donors (Lipinski definition) is 1. The highest BCUT2D eigenvalue weighted by atomic mass is 32.1.